The minimum absolute atomic E-state index is 0.125. The molecule has 100 valence electrons. The second-order valence-corrected chi connectivity index (χ2v) is 5.43. The predicted octanol–water partition coefficient (Wildman–Crippen LogP) is 4.24. The smallest absolute Gasteiger partial charge is 0.0300 e. The minimum Gasteiger partial charge on any atom is -0.324 e. The van der Waals surface area contributed by atoms with Gasteiger partial charge in [0.15, 0.2) is 0 Å². The number of benzene rings is 2. The van der Waals surface area contributed by atoms with Crippen LogP contribution in [-0.4, -0.2) is 0 Å². The van der Waals surface area contributed by atoms with Crippen LogP contribution in [0.4, 0.5) is 0 Å². The first-order valence-electron chi connectivity index (χ1n) is 6.95. The molecule has 0 heterocycles. The molecule has 2 N–H and O–H groups in total. The number of hydrogen-bond donors (Lipinski definition) is 1. The van der Waals surface area contributed by atoms with Crippen LogP contribution >= 0.6 is 0 Å². The van der Waals surface area contributed by atoms with E-state index in [0.29, 0.717) is 0 Å². The Kier molecular flexibility index (Phi) is 4.39. The van der Waals surface area contributed by atoms with E-state index in [1.165, 1.54) is 27.8 Å². The summed E-state index contributed by atoms with van der Waals surface area (Å²) in [7, 11) is 0. The normalized spacial score (nSPS) is 12.4. The Morgan fingerprint density at radius 1 is 0.947 bits per heavy atom. The second kappa shape index (κ2) is 6.03. The van der Waals surface area contributed by atoms with Gasteiger partial charge in [-0.1, -0.05) is 48.0 Å². The lowest BCUT2D eigenvalue weighted by Gasteiger charge is -2.16. The Hall–Kier alpha value is -1.60. The largest absolute Gasteiger partial charge is 0.324 e. The van der Waals surface area contributed by atoms with E-state index in [0.717, 1.165) is 12.8 Å². The molecule has 19 heavy (non-hydrogen) atoms. The highest BCUT2D eigenvalue weighted by Crippen LogP contribution is 2.22. The van der Waals surface area contributed by atoms with Crippen molar-refractivity contribution in [1.29, 1.82) is 0 Å². The van der Waals surface area contributed by atoms with Gasteiger partial charge in [0.05, 0.1) is 0 Å². The molecule has 2 aromatic carbocycles. The van der Waals surface area contributed by atoms with Crippen molar-refractivity contribution < 1.29 is 0 Å². The summed E-state index contributed by atoms with van der Waals surface area (Å²) in [6, 6.07) is 15.2. The fourth-order valence-electron chi connectivity index (χ4n) is 2.52. The van der Waals surface area contributed by atoms with Crippen molar-refractivity contribution in [1.82, 2.24) is 0 Å². The van der Waals surface area contributed by atoms with Crippen LogP contribution in [0.15, 0.2) is 42.5 Å². The quantitative estimate of drug-likeness (QED) is 0.866. The van der Waals surface area contributed by atoms with Gasteiger partial charge in [0.2, 0.25) is 0 Å². The van der Waals surface area contributed by atoms with Crippen LogP contribution in [0.3, 0.4) is 0 Å². The first kappa shape index (κ1) is 13.8. The van der Waals surface area contributed by atoms with E-state index in [1.54, 1.807) is 0 Å². The van der Waals surface area contributed by atoms with E-state index >= 15 is 0 Å². The minimum atomic E-state index is 0.125. The predicted molar refractivity (Wildman–Crippen MR) is 82.3 cm³/mol. The van der Waals surface area contributed by atoms with Crippen molar-refractivity contribution in [2.24, 2.45) is 5.73 Å². The first-order chi connectivity index (χ1) is 9.08. The second-order valence-electron chi connectivity index (χ2n) is 5.43. The number of rotatable bonds is 4. The van der Waals surface area contributed by atoms with Gasteiger partial charge in [0, 0.05) is 6.04 Å². The van der Waals surface area contributed by atoms with Crippen molar-refractivity contribution in [2.45, 2.75) is 39.7 Å². The van der Waals surface area contributed by atoms with E-state index < -0.39 is 0 Å². The maximum atomic E-state index is 6.36. The molecular weight excluding hydrogens is 230 g/mol. The fourth-order valence-corrected chi connectivity index (χ4v) is 2.52. The molecule has 2 rings (SSSR count). The molecule has 0 bridgehead atoms. The van der Waals surface area contributed by atoms with Crippen LogP contribution in [0.2, 0.25) is 0 Å². The molecule has 1 atom stereocenters. The molecule has 1 nitrogen and oxygen atoms in total. The van der Waals surface area contributed by atoms with Crippen molar-refractivity contribution >= 4 is 0 Å². The molecule has 2 aromatic rings. The standard InChI is InChI=1S/C18H23N/c1-13-8-9-15(3)17(12-13)18(19)11-10-16-7-5-4-6-14(16)2/h4-9,12,18H,10-11,19H2,1-3H3. The van der Waals surface area contributed by atoms with Crippen molar-refractivity contribution in [2.75, 3.05) is 0 Å². The monoisotopic (exact) mass is 253 g/mol. The molecule has 0 aliphatic heterocycles. The number of aryl methyl sites for hydroxylation is 4. The van der Waals surface area contributed by atoms with Gasteiger partial charge < -0.3 is 5.73 Å². The highest BCUT2D eigenvalue weighted by Gasteiger charge is 2.10. The third-order valence-corrected chi connectivity index (χ3v) is 3.82. The van der Waals surface area contributed by atoms with Crippen molar-refractivity contribution in [3.05, 3.63) is 70.3 Å². The Labute approximate surface area is 116 Å². The van der Waals surface area contributed by atoms with Crippen LogP contribution in [0.5, 0.6) is 0 Å². The summed E-state index contributed by atoms with van der Waals surface area (Å²) in [6.45, 7) is 6.43. The molecule has 0 aliphatic carbocycles. The van der Waals surface area contributed by atoms with Crippen LogP contribution in [0.25, 0.3) is 0 Å². The third kappa shape index (κ3) is 3.45. The van der Waals surface area contributed by atoms with E-state index in [1.807, 2.05) is 0 Å². The topological polar surface area (TPSA) is 26.0 Å². The zero-order valence-corrected chi connectivity index (χ0v) is 12.1. The molecule has 0 amide bonds. The lowest BCUT2D eigenvalue weighted by atomic mass is 9.94. The molecular formula is C18H23N. The maximum Gasteiger partial charge on any atom is 0.0300 e. The third-order valence-electron chi connectivity index (χ3n) is 3.82. The fraction of sp³-hybridized carbons (Fsp3) is 0.333. The summed E-state index contributed by atoms with van der Waals surface area (Å²) in [6.07, 6.45) is 2.04. The molecule has 0 saturated heterocycles. The summed E-state index contributed by atoms with van der Waals surface area (Å²) in [5.41, 5.74) is 13.0. The molecule has 0 saturated carbocycles. The lowest BCUT2D eigenvalue weighted by molar-refractivity contribution is 0.646. The maximum absolute atomic E-state index is 6.36. The van der Waals surface area contributed by atoms with Crippen LogP contribution in [0.1, 0.15) is 40.3 Å². The number of hydrogen-bond acceptors (Lipinski definition) is 1. The zero-order valence-electron chi connectivity index (χ0n) is 12.1. The van der Waals surface area contributed by atoms with Gasteiger partial charge >= 0.3 is 0 Å². The van der Waals surface area contributed by atoms with E-state index in [4.69, 9.17) is 5.73 Å². The molecule has 0 fully saturated rings. The molecule has 1 unspecified atom stereocenters. The van der Waals surface area contributed by atoms with Crippen molar-refractivity contribution in [3.8, 4) is 0 Å². The summed E-state index contributed by atoms with van der Waals surface area (Å²) in [5, 5.41) is 0. The Balaban J connectivity index is 2.07. The molecule has 0 aromatic heterocycles. The van der Waals surface area contributed by atoms with Crippen LogP contribution in [0, 0.1) is 20.8 Å². The van der Waals surface area contributed by atoms with Gasteiger partial charge in [-0.2, -0.15) is 0 Å². The number of nitrogens with two attached hydrogens (primary N) is 1. The van der Waals surface area contributed by atoms with Gasteiger partial charge in [-0.3, -0.25) is 0 Å². The summed E-state index contributed by atoms with van der Waals surface area (Å²) >= 11 is 0. The van der Waals surface area contributed by atoms with Gasteiger partial charge in [0.25, 0.3) is 0 Å². The van der Waals surface area contributed by atoms with Gasteiger partial charge in [0.1, 0.15) is 0 Å². The Morgan fingerprint density at radius 2 is 1.68 bits per heavy atom. The van der Waals surface area contributed by atoms with Gasteiger partial charge in [-0.05, 0) is 55.9 Å². The Bertz CT molecular complexity index is 557. The van der Waals surface area contributed by atoms with E-state index in [9.17, 15) is 0 Å². The summed E-state index contributed by atoms with van der Waals surface area (Å²) in [5.74, 6) is 0. The molecule has 1 heteroatoms. The Morgan fingerprint density at radius 3 is 2.42 bits per heavy atom. The average Bonchev–Trinajstić information content (AvgIpc) is 2.40. The molecule has 0 radical (unpaired) electrons. The average molecular weight is 253 g/mol. The van der Waals surface area contributed by atoms with E-state index in [2.05, 4.69) is 63.2 Å². The van der Waals surface area contributed by atoms with Gasteiger partial charge in [-0.15, -0.1) is 0 Å². The molecule has 0 aliphatic rings. The van der Waals surface area contributed by atoms with Crippen LogP contribution < -0.4 is 5.73 Å². The van der Waals surface area contributed by atoms with Gasteiger partial charge in [-0.25, -0.2) is 0 Å². The SMILES string of the molecule is Cc1ccc(C)c(C(N)CCc2ccccc2C)c1. The summed E-state index contributed by atoms with van der Waals surface area (Å²) < 4.78 is 0. The highest BCUT2D eigenvalue weighted by atomic mass is 14.6. The highest BCUT2D eigenvalue weighted by molar-refractivity contribution is 5.33. The summed E-state index contributed by atoms with van der Waals surface area (Å²) in [4.78, 5) is 0. The zero-order chi connectivity index (χ0) is 13.8. The lowest BCUT2D eigenvalue weighted by Crippen LogP contribution is -2.13. The van der Waals surface area contributed by atoms with Crippen LogP contribution in [-0.2, 0) is 6.42 Å². The van der Waals surface area contributed by atoms with Crippen molar-refractivity contribution in [3.63, 3.8) is 0 Å². The first-order valence-corrected chi connectivity index (χ1v) is 6.95. The van der Waals surface area contributed by atoms with E-state index in [-0.39, 0.29) is 6.04 Å². The molecule has 0 spiro atoms.